The number of imidazole rings is 1. The number of benzene rings is 1. The largest absolute Gasteiger partial charge is 0.380 e. The van der Waals surface area contributed by atoms with E-state index in [-0.39, 0.29) is 5.69 Å². The highest BCUT2D eigenvalue weighted by Crippen LogP contribution is 2.17. The fourth-order valence-electron chi connectivity index (χ4n) is 1.82. The van der Waals surface area contributed by atoms with Crippen LogP contribution >= 0.6 is 11.3 Å². The highest BCUT2D eigenvalue weighted by Gasteiger charge is 2.01. The molecule has 6 heteroatoms. The van der Waals surface area contributed by atoms with Crippen molar-refractivity contribution in [3.8, 4) is 0 Å². The average Bonchev–Trinajstić information content (AvgIpc) is 2.90. The molecular weight excluding hydrogens is 248 g/mol. The fourth-order valence-corrected chi connectivity index (χ4v) is 2.55. The van der Waals surface area contributed by atoms with Crippen molar-refractivity contribution in [1.82, 2.24) is 15.0 Å². The molecule has 0 aliphatic rings. The minimum Gasteiger partial charge on any atom is -0.380 e. The first-order chi connectivity index (χ1) is 8.70. The van der Waals surface area contributed by atoms with Crippen LogP contribution in [0.3, 0.4) is 0 Å². The summed E-state index contributed by atoms with van der Waals surface area (Å²) in [7, 11) is 0. The van der Waals surface area contributed by atoms with Gasteiger partial charge >= 0.3 is 5.69 Å². The Bertz CT molecular complexity index is 740. The maximum absolute atomic E-state index is 11.1. The smallest absolute Gasteiger partial charge is 0.323 e. The van der Waals surface area contributed by atoms with Crippen LogP contribution in [-0.4, -0.2) is 15.0 Å². The Morgan fingerprint density at radius 3 is 2.94 bits per heavy atom. The third kappa shape index (κ3) is 2.14. The molecule has 5 nitrogen and oxygen atoms in total. The minimum absolute atomic E-state index is 0.180. The second-order valence-corrected chi connectivity index (χ2v) is 5.36. The summed E-state index contributed by atoms with van der Waals surface area (Å²) in [6.45, 7) is 2.73. The summed E-state index contributed by atoms with van der Waals surface area (Å²) in [5.41, 5.74) is 2.42. The number of anilines is 1. The van der Waals surface area contributed by atoms with Crippen LogP contribution in [0.5, 0.6) is 0 Å². The lowest BCUT2D eigenvalue weighted by molar-refractivity contribution is 1.17. The molecule has 0 aliphatic carbocycles. The van der Waals surface area contributed by atoms with Crippen molar-refractivity contribution in [2.45, 2.75) is 13.5 Å². The SMILES string of the molecule is Cc1ncc(CNc2ccc3[nH]c(=O)[nH]c3c2)s1. The summed E-state index contributed by atoms with van der Waals surface area (Å²) in [4.78, 5) is 22.0. The Morgan fingerprint density at radius 1 is 1.33 bits per heavy atom. The van der Waals surface area contributed by atoms with Crippen LogP contribution in [0.2, 0.25) is 0 Å². The van der Waals surface area contributed by atoms with Crippen molar-refractivity contribution in [3.63, 3.8) is 0 Å². The van der Waals surface area contributed by atoms with Crippen LogP contribution in [-0.2, 0) is 6.54 Å². The summed E-state index contributed by atoms with van der Waals surface area (Å²) < 4.78 is 0. The standard InChI is InChI=1S/C12H12N4OS/c1-7-13-5-9(18-7)6-14-8-2-3-10-11(4-8)16-12(17)15-10/h2-5,14H,6H2,1H3,(H2,15,16,17). The van der Waals surface area contributed by atoms with E-state index in [9.17, 15) is 4.79 Å². The predicted molar refractivity (Wildman–Crippen MR) is 73.1 cm³/mol. The van der Waals surface area contributed by atoms with E-state index < -0.39 is 0 Å². The molecule has 0 fully saturated rings. The lowest BCUT2D eigenvalue weighted by Crippen LogP contribution is -1.99. The number of nitrogens with zero attached hydrogens (tertiary/aromatic N) is 1. The Labute approximate surface area is 107 Å². The first kappa shape index (κ1) is 11.0. The Kier molecular flexibility index (Phi) is 2.64. The van der Waals surface area contributed by atoms with Gasteiger partial charge in [-0.1, -0.05) is 0 Å². The van der Waals surface area contributed by atoms with Crippen molar-refractivity contribution in [2.24, 2.45) is 0 Å². The van der Waals surface area contributed by atoms with Crippen LogP contribution in [0.15, 0.2) is 29.2 Å². The van der Waals surface area contributed by atoms with Crippen LogP contribution in [0.25, 0.3) is 11.0 Å². The van der Waals surface area contributed by atoms with Crippen molar-refractivity contribution in [1.29, 1.82) is 0 Å². The zero-order valence-corrected chi connectivity index (χ0v) is 10.6. The zero-order chi connectivity index (χ0) is 12.5. The molecule has 92 valence electrons. The maximum Gasteiger partial charge on any atom is 0.323 e. The monoisotopic (exact) mass is 260 g/mol. The number of nitrogens with one attached hydrogen (secondary N) is 3. The molecule has 18 heavy (non-hydrogen) atoms. The molecule has 0 unspecified atom stereocenters. The van der Waals surface area contributed by atoms with Crippen molar-refractivity contribution < 1.29 is 0 Å². The average molecular weight is 260 g/mol. The second-order valence-electron chi connectivity index (χ2n) is 4.04. The van der Waals surface area contributed by atoms with Crippen LogP contribution in [0.4, 0.5) is 5.69 Å². The number of aromatic amines is 2. The molecule has 0 spiro atoms. The van der Waals surface area contributed by atoms with E-state index in [1.165, 1.54) is 4.88 Å². The third-order valence-corrected chi connectivity index (χ3v) is 3.56. The number of fused-ring (bicyclic) bond motifs is 1. The lowest BCUT2D eigenvalue weighted by atomic mass is 10.3. The van der Waals surface area contributed by atoms with Gasteiger partial charge in [0.05, 0.1) is 22.6 Å². The molecule has 0 bridgehead atoms. The molecule has 0 aliphatic heterocycles. The van der Waals surface area contributed by atoms with Crippen LogP contribution < -0.4 is 11.0 Å². The third-order valence-electron chi connectivity index (χ3n) is 2.65. The molecule has 2 heterocycles. The van der Waals surface area contributed by atoms with Gasteiger partial charge in [0.2, 0.25) is 0 Å². The van der Waals surface area contributed by atoms with Gasteiger partial charge in [0.25, 0.3) is 0 Å². The van der Waals surface area contributed by atoms with E-state index in [4.69, 9.17) is 0 Å². The number of rotatable bonds is 3. The van der Waals surface area contributed by atoms with Gasteiger partial charge in [0.1, 0.15) is 0 Å². The fraction of sp³-hybridized carbons (Fsp3) is 0.167. The zero-order valence-electron chi connectivity index (χ0n) is 9.78. The number of hydrogen-bond donors (Lipinski definition) is 3. The minimum atomic E-state index is -0.180. The summed E-state index contributed by atoms with van der Waals surface area (Å²) in [5.74, 6) is 0. The van der Waals surface area contributed by atoms with Gasteiger partial charge in [-0.05, 0) is 25.1 Å². The van der Waals surface area contributed by atoms with Crippen LogP contribution in [0, 0.1) is 6.92 Å². The van der Waals surface area contributed by atoms with Gasteiger partial charge in [-0.25, -0.2) is 9.78 Å². The van der Waals surface area contributed by atoms with Gasteiger partial charge in [-0.2, -0.15) is 0 Å². The number of hydrogen-bond acceptors (Lipinski definition) is 4. The summed E-state index contributed by atoms with van der Waals surface area (Å²) in [6, 6.07) is 5.74. The van der Waals surface area contributed by atoms with Gasteiger partial charge in [0, 0.05) is 16.8 Å². The summed E-state index contributed by atoms with van der Waals surface area (Å²) in [5, 5.41) is 4.38. The molecule has 3 N–H and O–H groups in total. The lowest BCUT2D eigenvalue weighted by Gasteiger charge is -2.03. The first-order valence-electron chi connectivity index (χ1n) is 5.58. The predicted octanol–water partition coefficient (Wildman–Crippen LogP) is 2.23. The Morgan fingerprint density at radius 2 is 2.17 bits per heavy atom. The molecule has 0 radical (unpaired) electrons. The molecule has 2 aromatic heterocycles. The maximum atomic E-state index is 11.1. The highest BCUT2D eigenvalue weighted by atomic mass is 32.1. The molecule has 1 aromatic carbocycles. The Hall–Kier alpha value is -2.08. The highest BCUT2D eigenvalue weighted by molar-refractivity contribution is 7.11. The van der Waals surface area contributed by atoms with Crippen molar-refractivity contribution in [3.05, 3.63) is 44.8 Å². The van der Waals surface area contributed by atoms with E-state index in [1.807, 2.05) is 31.3 Å². The van der Waals surface area contributed by atoms with Gasteiger partial charge < -0.3 is 15.3 Å². The van der Waals surface area contributed by atoms with Gasteiger partial charge in [0.15, 0.2) is 0 Å². The molecule has 0 saturated heterocycles. The van der Waals surface area contributed by atoms with E-state index in [0.29, 0.717) is 0 Å². The first-order valence-corrected chi connectivity index (χ1v) is 6.39. The molecule has 3 rings (SSSR count). The molecule has 0 amide bonds. The van der Waals surface area contributed by atoms with E-state index >= 15 is 0 Å². The quantitative estimate of drug-likeness (QED) is 0.676. The summed E-state index contributed by atoms with van der Waals surface area (Å²) >= 11 is 1.68. The van der Waals surface area contributed by atoms with E-state index in [1.54, 1.807) is 11.3 Å². The van der Waals surface area contributed by atoms with E-state index in [2.05, 4.69) is 20.3 Å². The topological polar surface area (TPSA) is 73.6 Å². The van der Waals surface area contributed by atoms with Crippen LogP contribution in [0.1, 0.15) is 9.88 Å². The van der Waals surface area contributed by atoms with Crippen molar-refractivity contribution in [2.75, 3.05) is 5.32 Å². The van der Waals surface area contributed by atoms with Gasteiger partial charge in [-0.15, -0.1) is 11.3 Å². The molecular formula is C12H12N4OS. The molecule has 0 saturated carbocycles. The molecule has 3 aromatic rings. The number of thiazole rings is 1. The Balaban J connectivity index is 1.80. The number of aryl methyl sites for hydroxylation is 1. The number of aromatic nitrogens is 3. The molecule has 0 atom stereocenters. The normalized spacial score (nSPS) is 10.9. The van der Waals surface area contributed by atoms with Gasteiger partial charge in [-0.3, -0.25) is 0 Å². The van der Waals surface area contributed by atoms with E-state index in [0.717, 1.165) is 28.3 Å². The summed E-state index contributed by atoms with van der Waals surface area (Å²) in [6.07, 6.45) is 1.88. The number of H-pyrrole nitrogens is 2. The second kappa shape index (κ2) is 4.30. The van der Waals surface area contributed by atoms with Crippen molar-refractivity contribution >= 4 is 28.1 Å².